The van der Waals surface area contributed by atoms with Crippen molar-refractivity contribution in [1.82, 2.24) is 25.1 Å². The molecular formula is C22H34IN7. The average molecular weight is 523 g/mol. The summed E-state index contributed by atoms with van der Waals surface area (Å²) in [5, 5.41) is 3.41. The van der Waals surface area contributed by atoms with Gasteiger partial charge in [-0.25, -0.2) is 9.97 Å². The molecule has 1 aliphatic heterocycles. The van der Waals surface area contributed by atoms with Gasteiger partial charge < -0.3 is 15.1 Å². The van der Waals surface area contributed by atoms with Crippen molar-refractivity contribution in [2.24, 2.45) is 4.99 Å². The molecule has 30 heavy (non-hydrogen) atoms. The van der Waals surface area contributed by atoms with Crippen molar-refractivity contribution in [2.75, 3.05) is 57.8 Å². The lowest BCUT2D eigenvalue weighted by atomic mass is 10.2. The minimum Gasteiger partial charge on any atom is -0.357 e. The van der Waals surface area contributed by atoms with Crippen LogP contribution >= 0.6 is 24.0 Å². The van der Waals surface area contributed by atoms with Crippen LogP contribution in [0.4, 0.5) is 5.95 Å². The maximum Gasteiger partial charge on any atom is 0.225 e. The lowest BCUT2D eigenvalue weighted by Crippen LogP contribution is -2.47. The van der Waals surface area contributed by atoms with E-state index in [1.54, 1.807) is 0 Å². The molecule has 0 saturated carbocycles. The number of halogens is 1. The first kappa shape index (κ1) is 24.3. The second kappa shape index (κ2) is 13.4. The van der Waals surface area contributed by atoms with Crippen molar-refractivity contribution in [3.8, 4) is 0 Å². The van der Waals surface area contributed by atoms with Gasteiger partial charge in [0.15, 0.2) is 5.96 Å². The quantitative estimate of drug-likeness (QED) is 0.249. The summed E-state index contributed by atoms with van der Waals surface area (Å²) in [5.41, 5.74) is 1.29. The number of benzene rings is 1. The van der Waals surface area contributed by atoms with Gasteiger partial charge in [0.1, 0.15) is 0 Å². The summed E-state index contributed by atoms with van der Waals surface area (Å²) in [4.78, 5) is 20.5. The number of hydrogen-bond donors (Lipinski definition) is 1. The topological polar surface area (TPSA) is 59.9 Å². The SMILES string of the molecule is CCNC(=NCCCN1CCN(c2ncccn2)CC1)N(C)Cc1ccccc1.I. The van der Waals surface area contributed by atoms with Crippen LogP contribution in [0.3, 0.4) is 0 Å². The first-order valence-electron chi connectivity index (χ1n) is 10.5. The Labute approximate surface area is 197 Å². The zero-order valence-corrected chi connectivity index (χ0v) is 20.4. The van der Waals surface area contributed by atoms with Crippen molar-refractivity contribution in [1.29, 1.82) is 0 Å². The molecule has 0 aliphatic carbocycles. The molecule has 164 valence electrons. The number of guanidine groups is 1. The summed E-state index contributed by atoms with van der Waals surface area (Å²) < 4.78 is 0. The van der Waals surface area contributed by atoms with Crippen molar-refractivity contribution < 1.29 is 0 Å². The van der Waals surface area contributed by atoms with E-state index < -0.39 is 0 Å². The van der Waals surface area contributed by atoms with E-state index in [-0.39, 0.29) is 24.0 Å². The number of anilines is 1. The van der Waals surface area contributed by atoms with Gasteiger partial charge in [-0.1, -0.05) is 30.3 Å². The Morgan fingerprint density at radius 2 is 1.77 bits per heavy atom. The summed E-state index contributed by atoms with van der Waals surface area (Å²) in [6.07, 6.45) is 4.68. The number of aromatic nitrogens is 2. The van der Waals surface area contributed by atoms with Gasteiger partial charge in [0.2, 0.25) is 5.95 Å². The molecule has 2 heterocycles. The molecule has 1 N–H and O–H groups in total. The number of rotatable bonds is 8. The predicted octanol–water partition coefficient (Wildman–Crippen LogP) is 2.70. The number of nitrogens with zero attached hydrogens (tertiary/aromatic N) is 6. The van der Waals surface area contributed by atoms with Crippen LogP contribution in [0.2, 0.25) is 0 Å². The van der Waals surface area contributed by atoms with Crippen molar-refractivity contribution in [3.63, 3.8) is 0 Å². The predicted molar refractivity (Wildman–Crippen MR) is 135 cm³/mol. The van der Waals surface area contributed by atoms with Crippen LogP contribution in [0, 0.1) is 0 Å². The molecule has 1 fully saturated rings. The van der Waals surface area contributed by atoms with Crippen LogP contribution in [-0.2, 0) is 6.54 Å². The first-order chi connectivity index (χ1) is 14.3. The van der Waals surface area contributed by atoms with Gasteiger partial charge in [0.05, 0.1) is 0 Å². The molecule has 0 radical (unpaired) electrons. The second-order valence-electron chi connectivity index (χ2n) is 7.31. The van der Waals surface area contributed by atoms with E-state index in [0.29, 0.717) is 0 Å². The monoisotopic (exact) mass is 523 g/mol. The van der Waals surface area contributed by atoms with Gasteiger partial charge in [0.25, 0.3) is 0 Å². The fourth-order valence-corrected chi connectivity index (χ4v) is 3.51. The fraction of sp³-hybridized carbons (Fsp3) is 0.500. The summed E-state index contributed by atoms with van der Waals surface area (Å²) in [6.45, 7) is 9.83. The second-order valence-corrected chi connectivity index (χ2v) is 7.31. The third-order valence-corrected chi connectivity index (χ3v) is 5.06. The Kier molecular flexibility index (Phi) is 10.9. The van der Waals surface area contributed by atoms with E-state index in [0.717, 1.165) is 70.7 Å². The molecule has 1 aromatic carbocycles. The molecule has 8 heteroatoms. The van der Waals surface area contributed by atoms with Crippen molar-refractivity contribution in [3.05, 3.63) is 54.4 Å². The van der Waals surface area contributed by atoms with E-state index in [1.165, 1.54) is 5.56 Å². The Hall–Kier alpha value is -1.94. The van der Waals surface area contributed by atoms with E-state index in [4.69, 9.17) is 4.99 Å². The zero-order chi connectivity index (χ0) is 20.3. The Morgan fingerprint density at radius 3 is 2.43 bits per heavy atom. The van der Waals surface area contributed by atoms with Gasteiger partial charge in [-0.05, 0) is 25.0 Å². The number of hydrogen-bond acceptors (Lipinski definition) is 5. The van der Waals surface area contributed by atoms with Gasteiger partial charge in [-0.2, -0.15) is 0 Å². The third-order valence-electron chi connectivity index (χ3n) is 5.06. The fourth-order valence-electron chi connectivity index (χ4n) is 3.51. The largest absolute Gasteiger partial charge is 0.357 e. The molecular weight excluding hydrogens is 489 g/mol. The minimum atomic E-state index is 0. The number of piperazine rings is 1. The molecule has 1 aromatic heterocycles. The van der Waals surface area contributed by atoms with Crippen molar-refractivity contribution >= 4 is 35.9 Å². The third kappa shape index (κ3) is 7.71. The molecule has 2 aromatic rings. The molecule has 0 unspecified atom stereocenters. The summed E-state index contributed by atoms with van der Waals surface area (Å²) in [5.74, 6) is 1.82. The highest BCUT2D eigenvalue weighted by atomic mass is 127. The first-order valence-corrected chi connectivity index (χ1v) is 10.5. The molecule has 1 aliphatic rings. The number of aliphatic imine (C=N–C) groups is 1. The van der Waals surface area contributed by atoms with Crippen LogP contribution in [-0.4, -0.2) is 78.6 Å². The van der Waals surface area contributed by atoms with E-state index >= 15 is 0 Å². The summed E-state index contributed by atoms with van der Waals surface area (Å²) >= 11 is 0. The van der Waals surface area contributed by atoms with Gasteiger partial charge >= 0.3 is 0 Å². The van der Waals surface area contributed by atoms with E-state index in [9.17, 15) is 0 Å². The molecule has 1 saturated heterocycles. The lowest BCUT2D eigenvalue weighted by Gasteiger charge is -2.34. The molecule has 0 amide bonds. The molecule has 7 nitrogen and oxygen atoms in total. The van der Waals surface area contributed by atoms with Crippen LogP contribution in [0.25, 0.3) is 0 Å². The zero-order valence-electron chi connectivity index (χ0n) is 18.1. The molecule has 0 spiro atoms. The Bertz CT molecular complexity index is 734. The highest BCUT2D eigenvalue weighted by molar-refractivity contribution is 14.0. The number of nitrogens with one attached hydrogen (secondary N) is 1. The smallest absolute Gasteiger partial charge is 0.225 e. The summed E-state index contributed by atoms with van der Waals surface area (Å²) in [6, 6.07) is 12.4. The standard InChI is InChI=1S/C22H33N7.HI/c1-3-23-21(27(2)19-20-9-5-4-6-10-20)24-13-8-14-28-15-17-29(18-16-28)22-25-11-7-12-26-22;/h4-7,9-12H,3,8,13-19H2,1-2H3,(H,23,24);1H. The Morgan fingerprint density at radius 1 is 1.07 bits per heavy atom. The van der Waals surface area contributed by atoms with E-state index in [1.807, 2.05) is 18.5 Å². The van der Waals surface area contributed by atoms with Gasteiger partial charge in [-0.3, -0.25) is 9.89 Å². The summed E-state index contributed by atoms with van der Waals surface area (Å²) in [7, 11) is 2.10. The van der Waals surface area contributed by atoms with Crippen LogP contribution in [0.1, 0.15) is 18.9 Å². The lowest BCUT2D eigenvalue weighted by molar-refractivity contribution is 0.255. The highest BCUT2D eigenvalue weighted by Gasteiger charge is 2.18. The normalized spacial score (nSPS) is 14.9. The Balaban J connectivity index is 0.00000320. The van der Waals surface area contributed by atoms with Crippen LogP contribution in [0.15, 0.2) is 53.8 Å². The van der Waals surface area contributed by atoms with Crippen molar-refractivity contribution in [2.45, 2.75) is 19.9 Å². The van der Waals surface area contributed by atoms with Crippen LogP contribution < -0.4 is 10.2 Å². The molecule has 0 bridgehead atoms. The van der Waals surface area contributed by atoms with E-state index in [2.05, 4.69) is 74.3 Å². The molecule has 3 rings (SSSR count). The minimum absolute atomic E-state index is 0. The average Bonchev–Trinajstić information content (AvgIpc) is 2.77. The maximum atomic E-state index is 4.83. The van der Waals surface area contributed by atoms with Gasteiger partial charge in [-0.15, -0.1) is 24.0 Å². The highest BCUT2D eigenvalue weighted by Crippen LogP contribution is 2.10. The molecule has 0 atom stereocenters. The maximum absolute atomic E-state index is 4.83. The van der Waals surface area contributed by atoms with Gasteiger partial charge in [0, 0.05) is 71.8 Å². The van der Waals surface area contributed by atoms with Crippen LogP contribution in [0.5, 0.6) is 0 Å².